The molecule has 0 saturated heterocycles. The number of esters is 1. The smallest absolute Gasteiger partial charge is 0.309 e. The Morgan fingerprint density at radius 2 is 2.17 bits per heavy atom. The highest BCUT2D eigenvalue weighted by Gasteiger charge is 2.31. The maximum absolute atomic E-state index is 11.6. The second-order valence-corrected chi connectivity index (χ2v) is 4.84. The van der Waals surface area contributed by atoms with Crippen molar-refractivity contribution in [3.8, 4) is 0 Å². The molecule has 0 aromatic carbocycles. The Hall–Kier alpha value is -1.62. The first kappa shape index (κ1) is 11.5. The highest BCUT2D eigenvalue weighted by Crippen LogP contribution is 2.35. The third-order valence-electron chi connectivity index (χ3n) is 3.85. The highest BCUT2D eigenvalue weighted by atomic mass is 16.5. The maximum Gasteiger partial charge on any atom is 0.309 e. The van der Waals surface area contributed by atoms with Crippen molar-refractivity contribution in [1.29, 1.82) is 0 Å². The average molecular weight is 248 g/mol. The number of carbonyl (C=O) groups is 1. The van der Waals surface area contributed by atoms with Gasteiger partial charge in [-0.25, -0.2) is 4.98 Å². The number of aromatic nitrogens is 1. The number of ether oxygens (including phenoxy) is 2. The molecule has 0 bridgehead atoms. The van der Waals surface area contributed by atoms with Crippen LogP contribution in [0.25, 0.3) is 0 Å². The zero-order valence-corrected chi connectivity index (χ0v) is 10.4. The number of rotatable bonds is 1. The van der Waals surface area contributed by atoms with Crippen molar-refractivity contribution >= 4 is 11.8 Å². The molecule has 2 N–H and O–H groups in total. The number of hydrogen-bond donors (Lipinski definition) is 1. The van der Waals surface area contributed by atoms with Crippen molar-refractivity contribution in [3.05, 3.63) is 22.4 Å². The van der Waals surface area contributed by atoms with Crippen LogP contribution in [0.5, 0.6) is 0 Å². The summed E-state index contributed by atoms with van der Waals surface area (Å²) in [4.78, 5) is 16.1. The molecule has 1 atom stereocenters. The number of anilines is 1. The summed E-state index contributed by atoms with van der Waals surface area (Å²) in [5.41, 5.74) is 10.3. The molecule has 1 aliphatic carbocycles. The standard InChI is InChI=1S/C13H16N2O3/c1-17-13(16)7-2-3-11-8(4-7)9-5-18-6-10(9)12(14)15-11/h7H,2-6H2,1H3,(H2,14,15). The molecule has 1 unspecified atom stereocenters. The fourth-order valence-corrected chi connectivity index (χ4v) is 2.86. The number of nitrogens with zero attached hydrogens (tertiary/aromatic N) is 1. The van der Waals surface area contributed by atoms with E-state index in [1.165, 1.54) is 7.11 Å². The lowest BCUT2D eigenvalue weighted by Crippen LogP contribution is -2.26. The summed E-state index contributed by atoms with van der Waals surface area (Å²) in [5, 5.41) is 0. The predicted octanol–water partition coefficient (Wildman–Crippen LogP) is 0.972. The Morgan fingerprint density at radius 3 is 2.94 bits per heavy atom. The normalized spacial score (nSPS) is 21.3. The molecule has 1 aliphatic heterocycles. The predicted molar refractivity (Wildman–Crippen MR) is 64.7 cm³/mol. The number of hydrogen-bond acceptors (Lipinski definition) is 5. The Morgan fingerprint density at radius 1 is 1.39 bits per heavy atom. The maximum atomic E-state index is 11.6. The average Bonchev–Trinajstić information content (AvgIpc) is 2.88. The number of nitrogens with two attached hydrogens (primary N) is 1. The second kappa shape index (κ2) is 4.24. The Balaban J connectivity index is 2.00. The summed E-state index contributed by atoms with van der Waals surface area (Å²) in [6.07, 6.45) is 2.26. The molecule has 96 valence electrons. The van der Waals surface area contributed by atoms with E-state index in [0.29, 0.717) is 25.5 Å². The van der Waals surface area contributed by atoms with E-state index in [0.717, 1.165) is 35.2 Å². The first-order valence-corrected chi connectivity index (χ1v) is 6.15. The van der Waals surface area contributed by atoms with Gasteiger partial charge >= 0.3 is 5.97 Å². The molecule has 0 radical (unpaired) electrons. The highest BCUT2D eigenvalue weighted by molar-refractivity contribution is 5.73. The van der Waals surface area contributed by atoms with Gasteiger partial charge in [0, 0.05) is 11.3 Å². The van der Waals surface area contributed by atoms with E-state index in [4.69, 9.17) is 15.2 Å². The Kier molecular flexibility index (Phi) is 2.70. The molecule has 0 saturated carbocycles. The summed E-state index contributed by atoms with van der Waals surface area (Å²) in [6, 6.07) is 0. The van der Waals surface area contributed by atoms with Crippen LogP contribution in [0.15, 0.2) is 0 Å². The van der Waals surface area contributed by atoms with Gasteiger partial charge in [0.05, 0.1) is 26.2 Å². The van der Waals surface area contributed by atoms with Crippen LogP contribution in [0.3, 0.4) is 0 Å². The van der Waals surface area contributed by atoms with Crippen LogP contribution in [0, 0.1) is 5.92 Å². The van der Waals surface area contributed by atoms with Gasteiger partial charge in [-0.15, -0.1) is 0 Å². The number of pyridine rings is 1. The van der Waals surface area contributed by atoms with Crippen molar-refractivity contribution in [2.24, 2.45) is 5.92 Å². The van der Waals surface area contributed by atoms with Gasteiger partial charge < -0.3 is 15.2 Å². The summed E-state index contributed by atoms with van der Waals surface area (Å²) < 4.78 is 10.3. The zero-order valence-electron chi connectivity index (χ0n) is 10.4. The molecule has 0 fully saturated rings. The number of carbonyl (C=O) groups excluding carboxylic acids is 1. The first-order chi connectivity index (χ1) is 8.70. The van der Waals surface area contributed by atoms with E-state index in [-0.39, 0.29) is 11.9 Å². The van der Waals surface area contributed by atoms with Gasteiger partial charge in [0.25, 0.3) is 0 Å². The van der Waals surface area contributed by atoms with Crippen LogP contribution in [-0.4, -0.2) is 18.1 Å². The fraction of sp³-hybridized carbons (Fsp3) is 0.538. The number of nitrogen functional groups attached to an aromatic ring is 1. The van der Waals surface area contributed by atoms with Crippen molar-refractivity contribution in [2.75, 3.05) is 12.8 Å². The van der Waals surface area contributed by atoms with Gasteiger partial charge in [0.1, 0.15) is 5.82 Å². The van der Waals surface area contributed by atoms with Crippen molar-refractivity contribution in [1.82, 2.24) is 4.98 Å². The molecular formula is C13H16N2O3. The lowest BCUT2D eigenvalue weighted by Gasteiger charge is -2.24. The van der Waals surface area contributed by atoms with Crippen LogP contribution in [0.2, 0.25) is 0 Å². The SMILES string of the molecule is COC(=O)C1CCc2nc(N)c3c(c2C1)COC3. The van der Waals surface area contributed by atoms with Crippen molar-refractivity contribution < 1.29 is 14.3 Å². The van der Waals surface area contributed by atoms with Crippen LogP contribution < -0.4 is 5.73 Å². The Labute approximate surface area is 105 Å². The topological polar surface area (TPSA) is 74.4 Å². The molecule has 2 aliphatic rings. The van der Waals surface area contributed by atoms with Gasteiger partial charge in [0.15, 0.2) is 0 Å². The van der Waals surface area contributed by atoms with Crippen LogP contribution in [-0.2, 0) is 40.3 Å². The van der Waals surface area contributed by atoms with E-state index >= 15 is 0 Å². The third kappa shape index (κ3) is 1.66. The minimum Gasteiger partial charge on any atom is -0.469 e. The summed E-state index contributed by atoms with van der Waals surface area (Å²) in [6.45, 7) is 1.11. The summed E-state index contributed by atoms with van der Waals surface area (Å²) in [7, 11) is 1.44. The van der Waals surface area contributed by atoms with E-state index in [9.17, 15) is 4.79 Å². The largest absolute Gasteiger partial charge is 0.469 e. The van der Waals surface area contributed by atoms with Crippen molar-refractivity contribution in [3.63, 3.8) is 0 Å². The van der Waals surface area contributed by atoms with Gasteiger partial charge in [-0.2, -0.15) is 0 Å². The molecule has 5 heteroatoms. The van der Waals surface area contributed by atoms with E-state index < -0.39 is 0 Å². The quantitative estimate of drug-likeness (QED) is 0.750. The van der Waals surface area contributed by atoms with E-state index in [1.54, 1.807) is 0 Å². The third-order valence-corrected chi connectivity index (χ3v) is 3.85. The van der Waals surface area contributed by atoms with E-state index in [1.807, 2.05) is 0 Å². The van der Waals surface area contributed by atoms with Crippen molar-refractivity contribution in [2.45, 2.75) is 32.5 Å². The zero-order chi connectivity index (χ0) is 12.7. The minimum absolute atomic E-state index is 0.0578. The van der Waals surface area contributed by atoms with E-state index in [2.05, 4.69) is 4.98 Å². The van der Waals surface area contributed by atoms with Gasteiger partial charge in [-0.1, -0.05) is 0 Å². The van der Waals surface area contributed by atoms with Gasteiger partial charge in [-0.3, -0.25) is 4.79 Å². The molecule has 0 amide bonds. The minimum atomic E-state index is -0.134. The fourth-order valence-electron chi connectivity index (χ4n) is 2.86. The Bertz CT molecular complexity index is 513. The summed E-state index contributed by atoms with van der Waals surface area (Å²) >= 11 is 0. The molecule has 3 rings (SSSR count). The van der Waals surface area contributed by atoms with Gasteiger partial charge in [0.2, 0.25) is 0 Å². The molecule has 0 spiro atoms. The molecule has 1 aromatic rings. The number of fused-ring (bicyclic) bond motifs is 3. The number of methoxy groups -OCH3 is 1. The summed E-state index contributed by atoms with van der Waals surface area (Å²) in [5.74, 6) is 0.389. The van der Waals surface area contributed by atoms with Crippen LogP contribution in [0.1, 0.15) is 28.8 Å². The van der Waals surface area contributed by atoms with Crippen LogP contribution >= 0.6 is 0 Å². The first-order valence-electron chi connectivity index (χ1n) is 6.15. The molecular weight excluding hydrogens is 232 g/mol. The molecule has 5 nitrogen and oxygen atoms in total. The number of aryl methyl sites for hydroxylation is 1. The molecule has 2 heterocycles. The van der Waals surface area contributed by atoms with Gasteiger partial charge in [-0.05, 0) is 30.4 Å². The lowest BCUT2D eigenvalue weighted by atomic mass is 9.83. The van der Waals surface area contributed by atoms with Crippen LogP contribution in [0.4, 0.5) is 5.82 Å². The monoisotopic (exact) mass is 248 g/mol. The molecule has 18 heavy (non-hydrogen) atoms. The lowest BCUT2D eigenvalue weighted by molar-refractivity contribution is -0.145. The molecule has 1 aromatic heterocycles. The second-order valence-electron chi connectivity index (χ2n) is 4.84.